The zero-order valence-electron chi connectivity index (χ0n) is 9.61. The van der Waals surface area contributed by atoms with Gasteiger partial charge in [0, 0.05) is 6.42 Å². The molecule has 0 aromatic rings. The highest BCUT2D eigenvalue weighted by molar-refractivity contribution is 5.90. The summed E-state index contributed by atoms with van der Waals surface area (Å²) in [5, 5.41) is 0. The minimum absolute atomic E-state index is 0.127. The summed E-state index contributed by atoms with van der Waals surface area (Å²) in [5.41, 5.74) is 1.30. The van der Waals surface area contributed by atoms with E-state index in [1.807, 2.05) is 6.92 Å². The molecule has 0 radical (unpaired) electrons. The van der Waals surface area contributed by atoms with E-state index in [2.05, 4.69) is 27.7 Å². The normalized spacial score (nSPS) is 13.2. The molecule has 0 aromatic heterocycles. The van der Waals surface area contributed by atoms with Crippen LogP contribution in [-0.2, 0) is 4.79 Å². The Bertz CT molecular complexity index is 194. The van der Waals surface area contributed by atoms with Crippen molar-refractivity contribution >= 4 is 5.78 Å². The van der Waals surface area contributed by atoms with E-state index < -0.39 is 0 Å². The maximum Gasteiger partial charge on any atom is 0.155 e. The van der Waals surface area contributed by atoms with Gasteiger partial charge in [0.15, 0.2) is 5.78 Å². The van der Waals surface area contributed by atoms with Crippen LogP contribution in [0.2, 0.25) is 0 Å². The van der Waals surface area contributed by atoms with Gasteiger partial charge < -0.3 is 0 Å². The summed E-state index contributed by atoms with van der Waals surface area (Å²) in [4.78, 5) is 11.4. The van der Waals surface area contributed by atoms with Crippen molar-refractivity contribution in [2.75, 3.05) is 0 Å². The van der Waals surface area contributed by atoms with Crippen molar-refractivity contribution in [1.82, 2.24) is 0 Å². The van der Waals surface area contributed by atoms with Gasteiger partial charge in [0.1, 0.15) is 0 Å². The Hall–Kier alpha value is -0.590. The number of rotatable bonds is 4. The number of allylic oxidation sites excluding steroid dienone is 2. The summed E-state index contributed by atoms with van der Waals surface area (Å²) in [5.74, 6) is 0.272. The first-order valence-corrected chi connectivity index (χ1v) is 5.09. The Morgan fingerprint density at radius 2 is 1.85 bits per heavy atom. The lowest BCUT2D eigenvalue weighted by Gasteiger charge is -2.18. The highest BCUT2D eigenvalue weighted by Crippen LogP contribution is 2.24. The van der Waals surface area contributed by atoms with Crippen LogP contribution >= 0.6 is 0 Å². The molecule has 0 aliphatic heterocycles. The first-order valence-electron chi connectivity index (χ1n) is 5.09. The second-order valence-corrected chi connectivity index (χ2v) is 4.65. The van der Waals surface area contributed by atoms with Gasteiger partial charge in [-0.15, -0.1) is 0 Å². The molecule has 0 atom stereocenters. The Labute approximate surface area is 82.2 Å². The third-order valence-corrected chi connectivity index (χ3v) is 2.34. The van der Waals surface area contributed by atoms with E-state index in [0.717, 1.165) is 12.8 Å². The lowest BCUT2D eigenvalue weighted by Crippen LogP contribution is -2.08. The van der Waals surface area contributed by atoms with E-state index in [4.69, 9.17) is 0 Å². The first-order chi connectivity index (χ1) is 5.88. The van der Waals surface area contributed by atoms with Crippen molar-refractivity contribution in [3.63, 3.8) is 0 Å². The predicted octanol–water partition coefficient (Wildman–Crippen LogP) is 3.74. The molecule has 0 fully saturated rings. The zero-order chi connectivity index (χ0) is 10.5. The van der Waals surface area contributed by atoms with E-state index in [-0.39, 0.29) is 11.2 Å². The van der Waals surface area contributed by atoms with Crippen molar-refractivity contribution in [3.05, 3.63) is 11.6 Å². The minimum Gasteiger partial charge on any atom is -0.295 e. The third-order valence-electron chi connectivity index (χ3n) is 2.34. The Morgan fingerprint density at radius 3 is 2.23 bits per heavy atom. The van der Waals surface area contributed by atoms with Gasteiger partial charge in [-0.1, -0.05) is 39.7 Å². The van der Waals surface area contributed by atoms with Crippen LogP contribution < -0.4 is 0 Å². The molecule has 0 aliphatic carbocycles. The largest absolute Gasteiger partial charge is 0.295 e. The van der Waals surface area contributed by atoms with Crippen LogP contribution in [0.1, 0.15) is 53.9 Å². The second kappa shape index (κ2) is 5.21. The van der Waals surface area contributed by atoms with Gasteiger partial charge in [-0.3, -0.25) is 4.79 Å². The number of carbonyl (C=O) groups is 1. The molecule has 1 nitrogen and oxygen atoms in total. The average Bonchev–Trinajstić information content (AvgIpc) is 1.99. The average molecular weight is 182 g/mol. The van der Waals surface area contributed by atoms with Gasteiger partial charge in [-0.05, 0) is 24.8 Å². The fourth-order valence-corrected chi connectivity index (χ4v) is 0.881. The predicted molar refractivity (Wildman–Crippen MR) is 57.7 cm³/mol. The minimum atomic E-state index is 0.127. The van der Waals surface area contributed by atoms with Crippen molar-refractivity contribution in [3.8, 4) is 0 Å². The van der Waals surface area contributed by atoms with Crippen molar-refractivity contribution in [1.29, 1.82) is 0 Å². The molecule has 0 aliphatic rings. The van der Waals surface area contributed by atoms with Crippen LogP contribution in [-0.4, -0.2) is 5.78 Å². The first kappa shape index (κ1) is 12.4. The molecular weight excluding hydrogens is 160 g/mol. The lowest BCUT2D eigenvalue weighted by molar-refractivity contribution is -0.114. The zero-order valence-corrected chi connectivity index (χ0v) is 9.61. The van der Waals surface area contributed by atoms with Gasteiger partial charge in [-0.2, -0.15) is 0 Å². The number of unbranched alkanes of at least 4 members (excludes halogenated alkanes) is 1. The summed E-state index contributed by atoms with van der Waals surface area (Å²) in [6, 6.07) is 0. The molecule has 0 heterocycles. The summed E-state index contributed by atoms with van der Waals surface area (Å²) in [6.45, 7) is 10.5. The van der Waals surface area contributed by atoms with E-state index in [1.54, 1.807) is 6.08 Å². The number of hydrogen-bond acceptors (Lipinski definition) is 1. The summed E-state index contributed by atoms with van der Waals surface area (Å²) < 4.78 is 0. The molecule has 0 saturated carbocycles. The third kappa shape index (κ3) is 5.62. The standard InChI is InChI=1S/C12H22O/c1-6-7-8-11(13)9-10(2)12(3,4)5/h9H,6-8H2,1-5H3/b10-9+. The topological polar surface area (TPSA) is 17.1 Å². The van der Waals surface area contributed by atoms with Crippen molar-refractivity contribution in [2.45, 2.75) is 53.9 Å². The summed E-state index contributed by atoms with van der Waals surface area (Å²) in [6.07, 6.45) is 4.60. The number of ketones is 1. The van der Waals surface area contributed by atoms with E-state index in [0.29, 0.717) is 6.42 Å². The second-order valence-electron chi connectivity index (χ2n) is 4.65. The van der Waals surface area contributed by atoms with Crippen LogP contribution in [0.5, 0.6) is 0 Å². The Kier molecular flexibility index (Phi) is 4.97. The fourth-order valence-electron chi connectivity index (χ4n) is 0.881. The maximum absolute atomic E-state index is 11.4. The molecule has 0 N–H and O–H groups in total. The van der Waals surface area contributed by atoms with Crippen molar-refractivity contribution < 1.29 is 4.79 Å². The van der Waals surface area contributed by atoms with Gasteiger partial charge in [-0.25, -0.2) is 0 Å². The molecule has 0 spiro atoms. The Balaban J connectivity index is 4.15. The molecule has 0 rings (SSSR count). The van der Waals surface area contributed by atoms with E-state index in [1.165, 1.54) is 5.57 Å². The van der Waals surface area contributed by atoms with Crippen LogP contribution in [0.4, 0.5) is 0 Å². The molecule has 13 heavy (non-hydrogen) atoms. The Morgan fingerprint density at radius 1 is 1.31 bits per heavy atom. The fraction of sp³-hybridized carbons (Fsp3) is 0.750. The highest BCUT2D eigenvalue weighted by atomic mass is 16.1. The van der Waals surface area contributed by atoms with Crippen LogP contribution in [0.3, 0.4) is 0 Å². The monoisotopic (exact) mass is 182 g/mol. The number of hydrogen-bond donors (Lipinski definition) is 0. The van der Waals surface area contributed by atoms with Gasteiger partial charge in [0.2, 0.25) is 0 Å². The van der Waals surface area contributed by atoms with E-state index >= 15 is 0 Å². The van der Waals surface area contributed by atoms with Crippen LogP contribution in [0.15, 0.2) is 11.6 Å². The maximum atomic E-state index is 11.4. The molecule has 0 amide bonds. The molecule has 0 aromatic carbocycles. The molecule has 0 saturated heterocycles. The molecule has 1 heteroatoms. The molecule has 76 valence electrons. The van der Waals surface area contributed by atoms with Crippen LogP contribution in [0, 0.1) is 5.41 Å². The van der Waals surface area contributed by atoms with Crippen LogP contribution in [0.25, 0.3) is 0 Å². The smallest absolute Gasteiger partial charge is 0.155 e. The van der Waals surface area contributed by atoms with Gasteiger partial charge >= 0.3 is 0 Å². The van der Waals surface area contributed by atoms with Crippen molar-refractivity contribution in [2.24, 2.45) is 5.41 Å². The lowest BCUT2D eigenvalue weighted by atomic mass is 9.86. The molecular formula is C12H22O. The molecule has 0 bridgehead atoms. The quantitative estimate of drug-likeness (QED) is 0.605. The SMILES string of the molecule is CCCCC(=O)/C=C(\C)C(C)(C)C. The van der Waals surface area contributed by atoms with Gasteiger partial charge in [0.25, 0.3) is 0 Å². The summed E-state index contributed by atoms with van der Waals surface area (Å²) >= 11 is 0. The highest BCUT2D eigenvalue weighted by Gasteiger charge is 2.13. The number of carbonyl (C=O) groups excluding carboxylic acids is 1. The van der Waals surface area contributed by atoms with E-state index in [9.17, 15) is 4.79 Å². The molecule has 0 unspecified atom stereocenters. The van der Waals surface area contributed by atoms with Gasteiger partial charge in [0.05, 0.1) is 0 Å². The summed E-state index contributed by atoms with van der Waals surface area (Å²) in [7, 11) is 0.